The largest absolute Gasteiger partial charge is 0.366 e. The summed E-state index contributed by atoms with van der Waals surface area (Å²) in [6, 6.07) is 5.06. The summed E-state index contributed by atoms with van der Waals surface area (Å²) < 4.78 is 0. The van der Waals surface area contributed by atoms with Gasteiger partial charge in [-0.3, -0.25) is 9.59 Å². The second kappa shape index (κ2) is 5.72. The van der Waals surface area contributed by atoms with Crippen molar-refractivity contribution in [2.45, 2.75) is 19.1 Å². The topological polar surface area (TPSA) is 72.2 Å². The molecule has 17 heavy (non-hydrogen) atoms. The van der Waals surface area contributed by atoms with Crippen molar-refractivity contribution in [3.8, 4) is 0 Å². The van der Waals surface area contributed by atoms with Crippen LogP contribution in [-0.2, 0) is 4.79 Å². The van der Waals surface area contributed by atoms with E-state index in [1.54, 1.807) is 30.0 Å². The molecular weight excluding hydrogens is 236 g/mol. The number of thioether (sulfide) groups is 1. The number of amides is 2. The van der Waals surface area contributed by atoms with Crippen LogP contribution < -0.4 is 11.1 Å². The minimum atomic E-state index is -0.464. The zero-order chi connectivity index (χ0) is 13.0. The van der Waals surface area contributed by atoms with Crippen molar-refractivity contribution >= 4 is 29.3 Å². The molecule has 0 fully saturated rings. The van der Waals surface area contributed by atoms with Gasteiger partial charge in [0.1, 0.15) is 0 Å². The van der Waals surface area contributed by atoms with Crippen LogP contribution in [0.25, 0.3) is 0 Å². The van der Waals surface area contributed by atoms with Gasteiger partial charge >= 0.3 is 0 Å². The molecule has 1 atom stereocenters. The van der Waals surface area contributed by atoms with Crippen LogP contribution in [0.1, 0.15) is 35.0 Å². The molecule has 0 saturated heterocycles. The monoisotopic (exact) mass is 252 g/mol. The van der Waals surface area contributed by atoms with E-state index in [2.05, 4.69) is 5.32 Å². The second-order valence-corrected chi connectivity index (χ2v) is 4.90. The van der Waals surface area contributed by atoms with E-state index in [1.165, 1.54) is 6.92 Å². The van der Waals surface area contributed by atoms with Crippen molar-refractivity contribution in [2.24, 2.45) is 5.73 Å². The maximum absolute atomic E-state index is 11.1. The molecule has 1 rings (SSSR count). The third-order valence-corrected chi connectivity index (χ3v) is 3.40. The molecule has 1 aromatic carbocycles. The van der Waals surface area contributed by atoms with Gasteiger partial charge in [-0.05, 0) is 36.9 Å². The quantitative estimate of drug-likeness (QED) is 0.862. The van der Waals surface area contributed by atoms with E-state index in [0.717, 1.165) is 11.3 Å². The Kier molecular flexibility index (Phi) is 4.57. The van der Waals surface area contributed by atoms with Gasteiger partial charge < -0.3 is 11.1 Å². The lowest BCUT2D eigenvalue weighted by Gasteiger charge is -2.15. The van der Waals surface area contributed by atoms with Crippen LogP contribution in [0.15, 0.2) is 18.2 Å². The molecule has 0 bridgehead atoms. The number of carbonyl (C=O) groups is 2. The van der Waals surface area contributed by atoms with Gasteiger partial charge in [0, 0.05) is 23.4 Å². The summed E-state index contributed by atoms with van der Waals surface area (Å²) in [5.41, 5.74) is 7.33. The molecule has 0 radical (unpaired) electrons. The Balaban J connectivity index is 3.20. The number of primary amides is 1. The van der Waals surface area contributed by atoms with Crippen LogP contribution in [0.3, 0.4) is 0 Å². The maximum atomic E-state index is 11.1. The van der Waals surface area contributed by atoms with Crippen LogP contribution >= 0.6 is 11.8 Å². The van der Waals surface area contributed by atoms with Crippen LogP contribution in [0.5, 0.6) is 0 Å². The SMILES string of the molecule is CSC(C)c1cc(C(N)=O)ccc1NC(C)=O. The molecule has 0 aliphatic rings. The molecule has 1 unspecified atom stereocenters. The first kappa shape index (κ1) is 13.6. The third kappa shape index (κ3) is 3.49. The fraction of sp³-hybridized carbons (Fsp3) is 0.333. The third-order valence-electron chi connectivity index (χ3n) is 2.44. The number of nitrogens with one attached hydrogen (secondary N) is 1. The van der Waals surface area contributed by atoms with Crippen LogP contribution in [0, 0.1) is 0 Å². The first-order chi connectivity index (χ1) is 7.95. The molecule has 0 heterocycles. The summed E-state index contributed by atoms with van der Waals surface area (Å²) >= 11 is 1.64. The molecule has 2 amide bonds. The second-order valence-electron chi connectivity index (χ2n) is 3.73. The highest BCUT2D eigenvalue weighted by Gasteiger charge is 2.13. The Labute approximate surface area is 105 Å². The molecule has 0 aromatic heterocycles. The van der Waals surface area contributed by atoms with Gasteiger partial charge in [0.25, 0.3) is 0 Å². The van der Waals surface area contributed by atoms with Gasteiger partial charge in [0.15, 0.2) is 0 Å². The smallest absolute Gasteiger partial charge is 0.248 e. The Bertz CT molecular complexity index is 446. The standard InChI is InChI=1S/C12H16N2O2S/c1-7(17-3)10-6-9(12(13)16)4-5-11(10)14-8(2)15/h4-7H,1-3H3,(H2,13,16)(H,14,15). The average Bonchev–Trinajstić information content (AvgIpc) is 2.27. The number of nitrogens with two attached hydrogens (primary N) is 1. The number of hydrogen-bond donors (Lipinski definition) is 2. The van der Waals surface area contributed by atoms with E-state index < -0.39 is 5.91 Å². The lowest BCUT2D eigenvalue weighted by atomic mass is 10.1. The Morgan fingerprint density at radius 3 is 2.53 bits per heavy atom. The van der Waals surface area contributed by atoms with Gasteiger partial charge in [-0.1, -0.05) is 0 Å². The summed E-state index contributed by atoms with van der Waals surface area (Å²) in [6.45, 7) is 3.46. The van der Waals surface area contributed by atoms with Crippen molar-refractivity contribution in [1.29, 1.82) is 0 Å². The Hall–Kier alpha value is -1.49. The van der Waals surface area contributed by atoms with Crippen LogP contribution in [0.2, 0.25) is 0 Å². The summed E-state index contributed by atoms with van der Waals surface area (Å²) in [5, 5.41) is 2.93. The summed E-state index contributed by atoms with van der Waals surface area (Å²) in [6.07, 6.45) is 1.97. The van der Waals surface area contributed by atoms with E-state index in [4.69, 9.17) is 5.73 Å². The van der Waals surface area contributed by atoms with Crippen LogP contribution in [0.4, 0.5) is 5.69 Å². The molecule has 0 aliphatic carbocycles. The average molecular weight is 252 g/mol. The first-order valence-electron chi connectivity index (χ1n) is 5.19. The zero-order valence-corrected chi connectivity index (χ0v) is 10.9. The predicted molar refractivity (Wildman–Crippen MR) is 71.2 cm³/mol. The highest BCUT2D eigenvalue weighted by molar-refractivity contribution is 7.98. The van der Waals surface area contributed by atoms with Crippen molar-refractivity contribution in [3.05, 3.63) is 29.3 Å². The minimum absolute atomic E-state index is 0.133. The highest BCUT2D eigenvalue weighted by atomic mass is 32.2. The molecule has 1 aromatic rings. The van der Waals surface area contributed by atoms with Crippen molar-refractivity contribution in [1.82, 2.24) is 0 Å². The van der Waals surface area contributed by atoms with Crippen LogP contribution in [-0.4, -0.2) is 18.1 Å². The number of carbonyl (C=O) groups excluding carboxylic acids is 2. The van der Waals surface area contributed by atoms with E-state index >= 15 is 0 Å². The molecule has 0 saturated carbocycles. The number of hydrogen-bond acceptors (Lipinski definition) is 3. The lowest BCUT2D eigenvalue weighted by molar-refractivity contribution is -0.114. The normalized spacial score (nSPS) is 11.9. The van der Waals surface area contributed by atoms with Crippen molar-refractivity contribution in [3.63, 3.8) is 0 Å². The molecule has 5 heteroatoms. The molecule has 0 aliphatic heterocycles. The fourth-order valence-corrected chi connectivity index (χ4v) is 1.93. The molecular formula is C12H16N2O2S. The van der Waals surface area contributed by atoms with Gasteiger partial charge in [-0.25, -0.2) is 0 Å². The zero-order valence-electron chi connectivity index (χ0n) is 10.1. The number of rotatable bonds is 4. The van der Waals surface area contributed by atoms with Gasteiger partial charge in [-0.2, -0.15) is 11.8 Å². The summed E-state index contributed by atoms with van der Waals surface area (Å²) in [4.78, 5) is 22.2. The van der Waals surface area contributed by atoms with Crippen molar-refractivity contribution in [2.75, 3.05) is 11.6 Å². The van der Waals surface area contributed by atoms with Gasteiger partial charge in [-0.15, -0.1) is 0 Å². The maximum Gasteiger partial charge on any atom is 0.248 e. The predicted octanol–water partition coefficient (Wildman–Crippen LogP) is 2.17. The number of benzene rings is 1. The molecule has 92 valence electrons. The van der Waals surface area contributed by atoms with Gasteiger partial charge in [0.05, 0.1) is 0 Å². The summed E-state index contributed by atoms with van der Waals surface area (Å²) in [5.74, 6) is -0.597. The van der Waals surface area contributed by atoms with Gasteiger partial charge in [0.2, 0.25) is 11.8 Å². The minimum Gasteiger partial charge on any atom is -0.366 e. The molecule has 3 N–H and O–H groups in total. The van der Waals surface area contributed by atoms with E-state index in [-0.39, 0.29) is 11.2 Å². The Morgan fingerprint density at radius 1 is 1.41 bits per heavy atom. The number of anilines is 1. The Morgan fingerprint density at radius 2 is 2.06 bits per heavy atom. The van der Waals surface area contributed by atoms with Crippen molar-refractivity contribution < 1.29 is 9.59 Å². The highest BCUT2D eigenvalue weighted by Crippen LogP contribution is 2.32. The van der Waals surface area contributed by atoms with E-state index in [9.17, 15) is 9.59 Å². The molecule has 0 spiro atoms. The fourth-order valence-electron chi connectivity index (χ4n) is 1.48. The molecule has 4 nitrogen and oxygen atoms in total. The first-order valence-corrected chi connectivity index (χ1v) is 6.48. The summed E-state index contributed by atoms with van der Waals surface area (Å²) in [7, 11) is 0. The lowest BCUT2D eigenvalue weighted by Crippen LogP contribution is -2.13. The van der Waals surface area contributed by atoms with E-state index in [1.807, 2.05) is 13.2 Å². The van der Waals surface area contributed by atoms with E-state index in [0.29, 0.717) is 5.56 Å².